The fourth-order valence-corrected chi connectivity index (χ4v) is 4.31. The van der Waals surface area contributed by atoms with Gasteiger partial charge in [0, 0.05) is 36.1 Å². The Kier molecular flexibility index (Phi) is 6.92. The number of amides is 2. The number of ether oxygens (including phenoxy) is 1. The first kappa shape index (κ1) is 23.1. The van der Waals surface area contributed by atoms with Crippen LogP contribution in [0.3, 0.4) is 0 Å². The number of H-pyrrole nitrogens is 1. The van der Waals surface area contributed by atoms with Gasteiger partial charge in [0.2, 0.25) is 5.91 Å². The quantitative estimate of drug-likeness (QED) is 0.626. The molecule has 31 heavy (non-hydrogen) atoms. The molecule has 0 fully saturated rings. The number of hydrogen-bond acceptors (Lipinski definition) is 3. The lowest BCUT2D eigenvalue weighted by molar-refractivity contribution is -0.135. The van der Waals surface area contributed by atoms with Gasteiger partial charge < -0.3 is 19.9 Å². The topological polar surface area (TPSA) is 74.4 Å². The van der Waals surface area contributed by atoms with Crippen molar-refractivity contribution in [1.29, 1.82) is 0 Å². The minimum absolute atomic E-state index is 0.0494. The number of carbonyl (C=O) groups excluding carboxylic acids is 2. The lowest BCUT2D eigenvalue weighted by Crippen LogP contribution is -2.42. The standard InChI is InChI=1S/C24H34FN3O3/c1-15(2)22-21-17(18-14-16(25)9-10-19(18)27-21)11-13-28(22)20(29)8-6-7-12-26-23(30)31-24(3,4)5/h9-10,14-15,22,27H,6-8,11-13H2,1-5H3,(H,26,30). The first-order valence-corrected chi connectivity index (χ1v) is 11.1. The maximum Gasteiger partial charge on any atom is 0.407 e. The number of aromatic amines is 1. The van der Waals surface area contributed by atoms with Gasteiger partial charge in [0.15, 0.2) is 0 Å². The van der Waals surface area contributed by atoms with E-state index in [9.17, 15) is 14.0 Å². The zero-order valence-electron chi connectivity index (χ0n) is 19.2. The molecule has 7 heteroatoms. The average Bonchev–Trinajstić information content (AvgIpc) is 3.02. The summed E-state index contributed by atoms with van der Waals surface area (Å²) < 4.78 is 19.0. The average molecular weight is 432 g/mol. The number of unbranched alkanes of at least 4 members (excludes halogenated alkanes) is 1. The molecule has 0 aliphatic carbocycles. The Labute approximate surface area is 183 Å². The van der Waals surface area contributed by atoms with E-state index in [1.807, 2.05) is 25.7 Å². The molecule has 2 heterocycles. The number of hydrogen-bond donors (Lipinski definition) is 2. The van der Waals surface area contributed by atoms with E-state index in [1.54, 1.807) is 12.1 Å². The Balaban J connectivity index is 1.59. The molecule has 170 valence electrons. The van der Waals surface area contributed by atoms with Crippen molar-refractivity contribution in [3.05, 3.63) is 35.3 Å². The minimum atomic E-state index is -0.520. The van der Waals surface area contributed by atoms with E-state index in [2.05, 4.69) is 24.1 Å². The number of benzene rings is 1. The van der Waals surface area contributed by atoms with Crippen LogP contribution in [0.2, 0.25) is 0 Å². The lowest BCUT2D eigenvalue weighted by Gasteiger charge is -2.38. The first-order valence-electron chi connectivity index (χ1n) is 11.1. The predicted molar refractivity (Wildman–Crippen MR) is 119 cm³/mol. The Morgan fingerprint density at radius 1 is 1.29 bits per heavy atom. The number of rotatable bonds is 6. The Morgan fingerprint density at radius 3 is 2.71 bits per heavy atom. The molecule has 2 aromatic rings. The normalized spacial score (nSPS) is 16.5. The zero-order valence-corrected chi connectivity index (χ0v) is 19.2. The molecule has 0 spiro atoms. The van der Waals surface area contributed by atoms with E-state index in [-0.39, 0.29) is 23.7 Å². The number of nitrogens with zero attached hydrogens (tertiary/aromatic N) is 1. The van der Waals surface area contributed by atoms with Gasteiger partial charge in [-0.3, -0.25) is 4.79 Å². The van der Waals surface area contributed by atoms with Crippen molar-refractivity contribution >= 4 is 22.9 Å². The summed E-state index contributed by atoms with van der Waals surface area (Å²) in [7, 11) is 0. The van der Waals surface area contributed by atoms with Gasteiger partial charge >= 0.3 is 6.09 Å². The highest BCUT2D eigenvalue weighted by Gasteiger charge is 2.34. The second-order valence-electron chi connectivity index (χ2n) is 9.62. The minimum Gasteiger partial charge on any atom is -0.444 e. The second-order valence-corrected chi connectivity index (χ2v) is 9.62. The molecule has 2 N–H and O–H groups in total. The van der Waals surface area contributed by atoms with Crippen LogP contribution < -0.4 is 5.32 Å². The molecule has 0 saturated carbocycles. The molecular formula is C24H34FN3O3. The summed E-state index contributed by atoms with van der Waals surface area (Å²) in [5.74, 6) is 0.107. The highest BCUT2D eigenvalue weighted by atomic mass is 19.1. The number of aromatic nitrogens is 1. The van der Waals surface area contributed by atoms with Crippen molar-refractivity contribution in [2.75, 3.05) is 13.1 Å². The van der Waals surface area contributed by atoms with Crippen molar-refractivity contribution in [1.82, 2.24) is 15.2 Å². The number of alkyl carbamates (subject to hydrolysis) is 1. The smallest absolute Gasteiger partial charge is 0.407 e. The third-order valence-electron chi connectivity index (χ3n) is 5.57. The van der Waals surface area contributed by atoms with Gasteiger partial charge in [0.05, 0.1) is 6.04 Å². The van der Waals surface area contributed by atoms with Gasteiger partial charge in [0.1, 0.15) is 11.4 Å². The molecule has 1 aliphatic heterocycles. The van der Waals surface area contributed by atoms with Crippen LogP contribution in [0.4, 0.5) is 9.18 Å². The Bertz CT molecular complexity index is 945. The van der Waals surface area contributed by atoms with Crippen LogP contribution in [-0.2, 0) is 16.0 Å². The molecular weight excluding hydrogens is 397 g/mol. The van der Waals surface area contributed by atoms with Gasteiger partial charge in [0.25, 0.3) is 0 Å². The molecule has 6 nitrogen and oxygen atoms in total. The third kappa shape index (κ3) is 5.57. The molecule has 0 radical (unpaired) electrons. The van der Waals surface area contributed by atoms with Crippen molar-refractivity contribution in [3.8, 4) is 0 Å². The van der Waals surface area contributed by atoms with E-state index < -0.39 is 11.7 Å². The van der Waals surface area contributed by atoms with Crippen LogP contribution >= 0.6 is 0 Å². The van der Waals surface area contributed by atoms with Crippen molar-refractivity contribution in [2.24, 2.45) is 5.92 Å². The van der Waals surface area contributed by atoms with E-state index >= 15 is 0 Å². The van der Waals surface area contributed by atoms with Crippen LogP contribution in [-0.4, -0.2) is 40.6 Å². The SMILES string of the molecule is CC(C)C1c2[nH]c3ccc(F)cc3c2CCN1C(=O)CCCCNC(=O)OC(C)(C)C. The number of halogens is 1. The summed E-state index contributed by atoms with van der Waals surface area (Å²) in [6, 6.07) is 4.76. The molecule has 1 aromatic heterocycles. The van der Waals surface area contributed by atoms with Crippen LogP contribution in [0.5, 0.6) is 0 Å². The summed E-state index contributed by atoms with van der Waals surface area (Å²) in [4.78, 5) is 30.1. The highest BCUT2D eigenvalue weighted by molar-refractivity contribution is 5.86. The maximum absolute atomic E-state index is 13.8. The number of carbonyl (C=O) groups is 2. The van der Waals surface area contributed by atoms with Gasteiger partial charge in [-0.1, -0.05) is 13.8 Å². The molecule has 0 bridgehead atoms. The zero-order chi connectivity index (χ0) is 22.8. The lowest BCUT2D eigenvalue weighted by atomic mass is 9.90. The molecule has 1 atom stereocenters. The molecule has 2 amide bonds. The summed E-state index contributed by atoms with van der Waals surface area (Å²) in [5, 5.41) is 3.65. The maximum atomic E-state index is 13.8. The molecule has 3 rings (SSSR count). The number of nitrogens with one attached hydrogen (secondary N) is 2. The summed E-state index contributed by atoms with van der Waals surface area (Å²) in [6.07, 6.45) is 2.12. The molecule has 0 saturated heterocycles. The van der Waals surface area contributed by atoms with Gasteiger partial charge in [-0.15, -0.1) is 0 Å². The fourth-order valence-electron chi connectivity index (χ4n) is 4.31. The fraction of sp³-hybridized carbons (Fsp3) is 0.583. The molecule has 1 aliphatic rings. The summed E-state index contributed by atoms with van der Waals surface area (Å²) >= 11 is 0. The largest absolute Gasteiger partial charge is 0.444 e. The molecule has 1 aromatic carbocycles. The van der Waals surface area contributed by atoms with Crippen LogP contribution in [0.15, 0.2) is 18.2 Å². The first-order chi connectivity index (χ1) is 14.6. The highest BCUT2D eigenvalue weighted by Crippen LogP contribution is 2.39. The van der Waals surface area contributed by atoms with Crippen LogP contribution in [0.25, 0.3) is 10.9 Å². The number of fused-ring (bicyclic) bond motifs is 3. The van der Waals surface area contributed by atoms with E-state index in [0.717, 1.165) is 22.2 Å². The Hall–Kier alpha value is -2.57. The van der Waals surface area contributed by atoms with Gasteiger partial charge in [-0.2, -0.15) is 0 Å². The van der Waals surface area contributed by atoms with E-state index in [0.29, 0.717) is 38.8 Å². The predicted octanol–water partition coefficient (Wildman–Crippen LogP) is 5.08. The van der Waals surface area contributed by atoms with E-state index in [4.69, 9.17) is 4.74 Å². The van der Waals surface area contributed by atoms with E-state index in [1.165, 1.54) is 6.07 Å². The van der Waals surface area contributed by atoms with Crippen LogP contribution in [0, 0.1) is 11.7 Å². The summed E-state index contributed by atoms with van der Waals surface area (Å²) in [6.45, 7) is 10.8. The summed E-state index contributed by atoms with van der Waals surface area (Å²) in [5.41, 5.74) is 2.55. The van der Waals surface area contributed by atoms with Crippen molar-refractivity contribution in [3.63, 3.8) is 0 Å². The van der Waals surface area contributed by atoms with Crippen molar-refractivity contribution in [2.45, 2.75) is 71.9 Å². The monoisotopic (exact) mass is 431 g/mol. The third-order valence-corrected chi connectivity index (χ3v) is 5.57. The molecule has 1 unspecified atom stereocenters. The van der Waals surface area contributed by atoms with Gasteiger partial charge in [-0.25, -0.2) is 9.18 Å². The van der Waals surface area contributed by atoms with Gasteiger partial charge in [-0.05, 0) is 69.7 Å². The Morgan fingerprint density at radius 2 is 2.03 bits per heavy atom. The second kappa shape index (κ2) is 9.28. The van der Waals surface area contributed by atoms with Crippen molar-refractivity contribution < 1.29 is 18.7 Å². The van der Waals surface area contributed by atoms with Crippen LogP contribution in [0.1, 0.15) is 71.2 Å².